The topological polar surface area (TPSA) is 87.0 Å². The van der Waals surface area contributed by atoms with Gasteiger partial charge in [-0.15, -0.1) is 0 Å². The zero-order valence-electron chi connectivity index (χ0n) is 10.1. The van der Waals surface area contributed by atoms with Crippen molar-refractivity contribution >= 4 is 5.97 Å². The van der Waals surface area contributed by atoms with Crippen LogP contribution in [0.2, 0.25) is 0 Å². The van der Waals surface area contributed by atoms with E-state index in [1.165, 1.54) is 0 Å². The van der Waals surface area contributed by atoms with E-state index in [4.69, 9.17) is 14.9 Å². The quantitative estimate of drug-likeness (QED) is 0.583. The van der Waals surface area contributed by atoms with E-state index in [2.05, 4.69) is 0 Å². The van der Waals surface area contributed by atoms with Crippen molar-refractivity contribution in [3.05, 3.63) is 0 Å². The van der Waals surface area contributed by atoms with Crippen LogP contribution >= 0.6 is 0 Å². The van der Waals surface area contributed by atoms with Gasteiger partial charge >= 0.3 is 5.97 Å². The third kappa shape index (κ3) is 4.26. The number of aliphatic hydroxyl groups is 3. The Labute approximate surface area is 101 Å². The summed E-state index contributed by atoms with van der Waals surface area (Å²) in [6, 6.07) is 0. The van der Waals surface area contributed by atoms with Crippen molar-refractivity contribution in [2.24, 2.45) is 5.92 Å². The van der Waals surface area contributed by atoms with Gasteiger partial charge in [0.05, 0.1) is 6.61 Å². The van der Waals surface area contributed by atoms with Gasteiger partial charge in [-0.2, -0.15) is 0 Å². The number of hydrogen-bond acceptors (Lipinski definition) is 5. The van der Waals surface area contributed by atoms with Gasteiger partial charge in [0.25, 0.3) is 0 Å². The molecule has 1 aliphatic rings. The molecule has 5 heteroatoms. The molecule has 0 heterocycles. The van der Waals surface area contributed by atoms with Gasteiger partial charge in [-0.1, -0.05) is 0 Å². The molecule has 0 aromatic carbocycles. The van der Waals surface area contributed by atoms with Crippen molar-refractivity contribution in [1.82, 2.24) is 0 Å². The minimum absolute atomic E-state index is 0.0339. The Morgan fingerprint density at radius 2 is 1.88 bits per heavy atom. The molecule has 0 saturated heterocycles. The molecule has 100 valence electrons. The molecule has 17 heavy (non-hydrogen) atoms. The lowest BCUT2D eigenvalue weighted by Crippen LogP contribution is -2.43. The molecule has 0 bridgehead atoms. The molecule has 1 rings (SSSR count). The fourth-order valence-electron chi connectivity index (χ4n) is 2.19. The predicted molar refractivity (Wildman–Crippen MR) is 61.3 cm³/mol. The molecule has 5 nitrogen and oxygen atoms in total. The zero-order valence-corrected chi connectivity index (χ0v) is 10.1. The summed E-state index contributed by atoms with van der Waals surface area (Å²) < 4.78 is 5.34. The van der Waals surface area contributed by atoms with Crippen LogP contribution < -0.4 is 0 Å². The maximum atomic E-state index is 11.5. The molecule has 0 aromatic rings. The highest BCUT2D eigenvalue weighted by atomic mass is 16.6. The second-order valence-corrected chi connectivity index (χ2v) is 4.77. The Bertz CT molecular complexity index is 233. The number of carbonyl (C=O) groups excluding carboxylic acids is 1. The highest BCUT2D eigenvalue weighted by Gasteiger charge is 2.37. The van der Waals surface area contributed by atoms with Crippen LogP contribution in [-0.2, 0) is 9.53 Å². The second kappa shape index (κ2) is 6.93. The largest absolute Gasteiger partial charge is 0.457 e. The summed E-state index contributed by atoms with van der Waals surface area (Å²) in [6.45, 7) is -0.0518. The van der Waals surface area contributed by atoms with Crippen LogP contribution in [0.15, 0.2) is 0 Å². The van der Waals surface area contributed by atoms with Crippen molar-refractivity contribution in [3.63, 3.8) is 0 Å². The third-order valence-corrected chi connectivity index (χ3v) is 3.43. The number of rotatable bonds is 6. The van der Waals surface area contributed by atoms with E-state index in [1.54, 1.807) is 0 Å². The number of ether oxygens (including phenoxy) is 1. The molecular formula is C12H22O5. The smallest absolute Gasteiger partial charge is 0.306 e. The van der Waals surface area contributed by atoms with Gasteiger partial charge in [-0.25, -0.2) is 0 Å². The lowest BCUT2D eigenvalue weighted by molar-refractivity contribution is -0.170. The van der Waals surface area contributed by atoms with E-state index in [9.17, 15) is 9.90 Å². The van der Waals surface area contributed by atoms with Crippen molar-refractivity contribution in [2.45, 2.75) is 44.1 Å². The van der Waals surface area contributed by atoms with Crippen LogP contribution in [0.1, 0.15) is 38.5 Å². The summed E-state index contributed by atoms with van der Waals surface area (Å²) >= 11 is 0. The minimum Gasteiger partial charge on any atom is -0.457 e. The molecule has 0 radical (unpaired) electrons. The SMILES string of the molecule is O=C(CCCO)OC1(CO)CCC(CO)CC1. The molecular weight excluding hydrogens is 224 g/mol. The van der Waals surface area contributed by atoms with Crippen molar-refractivity contribution in [1.29, 1.82) is 0 Å². The average molecular weight is 246 g/mol. The summed E-state index contributed by atoms with van der Waals surface area (Å²) in [6.07, 6.45) is 3.30. The van der Waals surface area contributed by atoms with Crippen LogP contribution in [0.25, 0.3) is 0 Å². The number of esters is 1. The third-order valence-electron chi connectivity index (χ3n) is 3.43. The van der Waals surface area contributed by atoms with Crippen molar-refractivity contribution < 1.29 is 24.9 Å². The van der Waals surface area contributed by atoms with Gasteiger partial charge < -0.3 is 20.1 Å². The molecule has 1 saturated carbocycles. The summed E-state index contributed by atoms with van der Waals surface area (Å²) in [7, 11) is 0. The zero-order chi connectivity index (χ0) is 12.7. The lowest BCUT2D eigenvalue weighted by Gasteiger charge is -2.37. The highest BCUT2D eigenvalue weighted by molar-refractivity contribution is 5.69. The monoisotopic (exact) mass is 246 g/mol. The standard InChI is InChI=1S/C12H22O5/c13-7-1-2-11(16)17-12(9-15)5-3-10(8-14)4-6-12/h10,13-15H,1-9H2. The predicted octanol–water partition coefficient (Wildman–Crippen LogP) is 0.216. The number of carbonyl (C=O) groups is 1. The second-order valence-electron chi connectivity index (χ2n) is 4.77. The van der Waals surface area contributed by atoms with E-state index >= 15 is 0 Å². The molecule has 0 amide bonds. The first-order valence-electron chi connectivity index (χ1n) is 6.20. The summed E-state index contributed by atoms with van der Waals surface area (Å²) in [4.78, 5) is 11.5. The van der Waals surface area contributed by atoms with Gasteiger partial charge in [0, 0.05) is 19.6 Å². The fraction of sp³-hybridized carbons (Fsp3) is 0.917. The van der Waals surface area contributed by atoms with E-state index < -0.39 is 5.60 Å². The van der Waals surface area contributed by atoms with E-state index in [-0.39, 0.29) is 38.1 Å². The van der Waals surface area contributed by atoms with Gasteiger partial charge in [0.1, 0.15) is 5.60 Å². The average Bonchev–Trinajstić information content (AvgIpc) is 2.37. The van der Waals surface area contributed by atoms with Gasteiger partial charge in [-0.05, 0) is 38.0 Å². The minimum atomic E-state index is -0.766. The molecule has 1 aliphatic carbocycles. The van der Waals surface area contributed by atoms with Gasteiger partial charge in [0.15, 0.2) is 0 Å². The van der Waals surface area contributed by atoms with Crippen LogP contribution in [0.3, 0.4) is 0 Å². The van der Waals surface area contributed by atoms with Crippen molar-refractivity contribution in [2.75, 3.05) is 19.8 Å². The molecule has 3 N–H and O–H groups in total. The van der Waals surface area contributed by atoms with Crippen molar-refractivity contribution in [3.8, 4) is 0 Å². The van der Waals surface area contributed by atoms with Gasteiger partial charge in [0.2, 0.25) is 0 Å². The van der Waals surface area contributed by atoms with Crippen LogP contribution in [0.5, 0.6) is 0 Å². The lowest BCUT2D eigenvalue weighted by atomic mass is 9.79. The Balaban J connectivity index is 2.44. The fourth-order valence-corrected chi connectivity index (χ4v) is 2.19. The Hall–Kier alpha value is -0.650. The van der Waals surface area contributed by atoms with Gasteiger partial charge in [-0.3, -0.25) is 4.79 Å². The maximum Gasteiger partial charge on any atom is 0.306 e. The summed E-state index contributed by atoms with van der Waals surface area (Å²) in [5, 5.41) is 27.0. The molecule has 0 atom stereocenters. The molecule has 0 unspecified atom stereocenters. The molecule has 0 aliphatic heterocycles. The van der Waals surface area contributed by atoms with Crippen LogP contribution in [0.4, 0.5) is 0 Å². The first-order chi connectivity index (χ1) is 8.15. The van der Waals surface area contributed by atoms with Crippen LogP contribution in [0, 0.1) is 5.92 Å². The van der Waals surface area contributed by atoms with E-state index in [0.29, 0.717) is 19.3 Å². The molecule has 0 spiro atoms. The first kappa shape index (κ1) is 14.4. The molecule has 0 aromatic heterocycles. The number of aliphatic hydroxyl groups excluding tert-OH is 3. The number of hydrogen-bond donors (Lipinski definition) is 3. The Morgan fingerprint density at radius 3 is 2.35 bits per heavy atom. The first-order valence-corrected chi connectivity index (χ1v) is 6.20. The Morgan fingerprint density at radius 1 is 1.24 bits per heavy atom. The molecule has 1 fully saturated rings. The normalized spacial score (nSPS) is 29.0. The summed E-state index contributed by atoms with van der Waals surface area (Å²) in [5.74, 6) is -0.110. The Kier molecular flexibility index (Phi) is 5.88. The van der Waals surface area contributed by atoms with Crippen LogP contribution in [-0.4, -0.2) is 46.7 Å². The van der Waals surface area contributed by atoms with E-state index in [0.717, 1.165) is 12.8 Å². The highest BCUT2D eigenvalue weighted by Crippen LogP contribution is 2.34. The summed E-state index contributed by atoms with van der Waals surface area (Å²) in [5.41, 5.74) is -0.766. The maximum absolute atomic E-state index is 11.5. The van der Waals surface area contributed by atoms with E-state index in [1.807, 2.05) is 0 Å².